The number of benzene rings is 1. The van der Waals surface area contributed by atoms with Crippen molar-refractivity contribution in [2.45, 2.75) is 31.5 Å². The lowest BCUT2D eigenvalue weighted by atomic mass is 9.89. The van der Waals surface area contributed by atoms with Crippen LogP contribution in [0.5, 0.6) is 0 Å². The van der Waals surface area contributed by atoms with E-state index in [-0.39, 0.29) is 5.91 Å². The number of rotatable bonds is 1. The SMILES string of the molecule is CC1(c2cccc(C(F)(F)F)c2)CCC(=O)N1. The Morgan fingerprint density at radius 2 is 2.06 bits per heavy atom. The van der Waals surface area contributed by atoms with Crippen molar-refractivity contribution >= 4 is 5.91 Å². The van der Waals surface area contributed by atoms with E-state index in [4.69, 9.17) is 0 Å². The minimum Gasteiger partial charge on any atom is -0.347 e. The smallest absolute Gasteiger partial charge is 0.347 e. The molecule has 2 nitrogen and oxygen atoms in total. The van der Waals surface area contributed by atoms with E-state index in [1.807, 2.05) is 0 Å². The third-order valence-corrected chi connectivity index (χ3v) is 3.09. The molecular weight excluding hydrogens is 231 g/mol. The summed E-state index contributed by atoms with van der Waals surface area (Å²) < 4.78 is 37.7. The third kappa shape index (κ3) is 2.28. The molecule has 0 aromatic heterocycles. The Hall–Kier alpha value is -1.52. The van der Waals surface area contributed by atoms with Gasteiger partial charge in [-0.1, -0.05) is 12.1 Å². The van der Waals surface area contributed by atoms with Crippen LogP contribution < -0.4 is 5.32 Å². The van der Waals surface area contributed by atoms with Crippen LogP contribution >= 0.6 is 0 Å². The lowest BCUT2D eigenvalue weighted by Gasteiger charge is -2.25. The zero-order valence-corrected chi connectivity index (χ0v) is 9.27. The van der Waals surface area contributed by atoms with Crippen LogP contribution in [0.3, 0.4) is 0 Å². The van der Waals surface area contributed by atoms with Crippen LogP contribution in [-0.4, -0.2) is 5.91 Å². The van der Waals surface area contributed by atoms with Gasteiger partial charge in [0.15, 0.2) is 0 Å². The van der Waals surface area contributed by atoms with E-state index < -0.39 is 17.3 Å². The Morgan fingerprint density at radius 3 is 2.59 bits per heavy atom. The van der Waals surface area contributed by atoms with Gasteiger partial charge in [0, 0.05) is 6.42 Å². The van der Waals surface area contributed by atoms with Crippen molar-refractivity contribution in [1.29, 1.82) is 0 Å². The zero-order chi connectivity index (χ0) is 12.7. The van der Waals surface area contributed by atoms with Crippen LogP contribution in [-0.2, 0) is 16.5 Å². The summed E-state index contributed by atoms with van der Waals surface area (Å²) in [5.74, 6) is -0.120. The number of carbonyl (C=O) groups excluding carboxylic acids is 1. The number of amides is 1. The van der Waals surface area contributed by atoms with Gasteiger partial charge in [-0.05, 0) is 31.0 Å². The molecule has 17 heavy (non-hydrogen) atoms. The van der Waals surface area contributed by atoms with Crippen molar-refractivity contribution in [2.75, 3.05) is 0 Å². The van der Waals surface area contributed by atoms with Gasteiger partial charge in [0.05, 0.1) is 11.1 Å². The fraction of sp³-hybridized carbons (Fsp3) is 0.417. The summed E-state index contributed by atoms with van der Waals surface area (Å²) in [4.78, 5) is 11.2. The summed E-state index contributed by atoms with van der Waals surface area (Å²) in [5, 5.41) is 2.72. The van der Waals surface area contributed by atoms with Gasteiger partial charge >= 0.3 is 6.18 Å². The van der Waals surface area contributed by atoms with Crippen molar-refractivity contribution in [1.82, 2.24) is 5.32 Å². The molecule has 1 heterocycles. The van der Waals surface area contributed by atoms with E-state index in [2.05, 4.69) is 5.32 Å². The number of nitrogens with one attached hydrogen (secondary N) is 1. The fourth-order valence-electron chi connectivity index (χ4n) is 2.05. The molecule has 5 heteroatoms. The summed E-state index contributed by atoms with van der Waals surface area (Å²) in [6.07, 6.45) is -3.48. The highest BCUT2D eigenvalue weighted by Gasteiger charge is 2.37. The molecule has 1 atom stereocenters. The Bertz CT molecular complexity index is 455. The molecule has 1 unspecified atom stereocenters. The summed E-state index contributed by atoms with van der Waals surface area (Å²) in [7, 11) is 0. The van der Waals surface area contributed by atoms with Crippen LogP contribution in [0.1, 0.15) is 30.9 Å². The first-order valence-electron chi connectivity index (χ1n) is 5.30. The molecule has 92 valence electrons. The van der Waals surface area contributed by atoms with Gasteiger partial charge in [-0.15, -0.1) is 0 Å². The molecule has 1 amide bonds. The van der Waals surface area contributed by atoms with Crippen molar-refractivity contribution in [3.8, 4) is 0 Å². The Labute approximate surface area is 96.8 Å². The molecule has 1 fully saturated rings. The van der Waals surface area contributed by atoms with Gasteiger partial charge in [-0.2, -0.15) is 13.2 Å². The first kappa shape index (κ1) is 12.0. The molecule has 1 saturated heterocycles. The van der Waals surface area contributed by atoms with Gasteiger partial charge in [-0.25, -0.2) is 0 Å². The summed E-state index contributed by atoms with van der Waals surface area (Å²) >= 11 is 0. The Morgan fingerprint density at radius 1 is 1.35 bits per heavy atom. The van der Waals surface area contributed by atoms with Gasteiger partial charge in [-0.3, -0.25) is 4.79 Å². The number of hydrogen-bond acceptors (Lipinski definition) is 1. The third-order valence-electron chi connectivity index (χ3n) is 3.09. The molecule has 1 aliphatic rings. The predicted octanol–water partition coefficient (Wildman–Crippen LogP) is 2.83. The lowest BCUT2D eigenvalue weighted by molar-refractivity contribution is -0.137. The molecular formula is C12H12F3NO. The quantitative estimate of drug-likeness (QED) is 0.807. The normalized spacial score (nSPS) is 24.8. The molecule has 0 saturated carbocycles. The number of alkyl halides is 3. The van der Waals surface area contributed by atoms with Crippen LogP contribution in [0, 0.1) is 0 Å². The predicted molar refractivity (Wildman–Crippen MR) is 56.2 cm³/mol. The van der Waals surface area contributed by atoms with E-state index in [9.17, 15) is 18.0 Å². The van der Waals surface area contributed by atoms with Crippen molar-refractivity contribution in [2.24, 2.45) is 0 Å². The fourth-order valence-corrected chi connectivity index (χ4v) is 2.05. The standard InChI is InChI=1S/C12H12F3NO/c1-11(6-5-10(17)16-11)8-3-2-4-9(7-8)12(13,14)15/h2-4,7H,5-6H2,1H3,(H,16,17). The largest absolute Gasteiger partial charge is 0.416 e. The molecule has 0 spiro atoms. The molecule has 1 N–H and O–H groups in total. The maximum absolute atomic E-state index is 12.6. The van der Waals surface area contributed by atoms with E-state index in [0.29, 0.717) is 18.4 Å². The van der Waals surface area contributed by atoms with Gasteiger partial charge in [0.2, 0.25) is 5.91 Å². The molecule has 1 aromatic rings. The van der Waals surface area contributed by atoms with Crippen LogP contribution in [0.25, 0.3) is 0 Å². The molecule has 1 aliphatic heterocycles. The van der Waals surface area contributed by atoms with Crippen molar-refractivity contribution in [3.05, 3.63) is 35.4 Å². The highest BCUT2D eigenvalue weighted by molar-refractivity contribution is 5.79. The van der Waals surface area contributed by atoms with Crippen LogP contribution in [0.4, 0.5) is 13.2 Å². The minimum absolute atomic E-state index is 0.120. The Kier molecular flexibility index (Phi) is 2.64. The molecule has 0 aliphatic carbocycles. The van der Waals surface area contributed by atoms with Gasteiger partial charge in [0.25, 0.3) is 0 Å². The first-order valence-corrected chi connectivity index (χ1v) is 5.30. The first-order chi connectivity index (χ1) is 7.81. The van der Waals surface area contributed by atoms with Crippen LogP contribution in [0.2, 0.25) is 0 Å². The van der Waals surface area contributed by atoms with Crippen molar-refractivity contribution < 1.29 is 18.0 Å². The minimum atomic E-state index is -4.35. The molecule has 0 bridgehead atoms. The maximum atomic E-state index is 12.6. The van der Waals surface area contributed by atoms with E-state index in [0.717, 1.165) is 12.1 Å². The monoisotopic (exact) mass is 243 g/mol. The number of halogens is 3. The molecule has 2 rings (SSSR count). The topological polar surface area (TPSA) is 29.1 Å². The average Bonchev–Trinajstić information content (AvgIpc) is 2.59. The van der Waals surface area contributed by atoms with Crippen LogP contribution in [0.15, 0.2) is 24.3 Å². The highest BCUT2D eigenvalue weighted by atomic mass is 19.4. The summed E-state index contributed by atoms with van der Waals surface area (Å²) in [6.45, 7) is 1.74. The van der Waals surface area contributed by atoms with Gasteiger partial charge < -0.3 is 5.32 Å². The van der Waals surface area contributed by atoms with E-state index in [1.54, 1.807) is 13.0 Å². The summed E-state index contributed by atoms with van der Waals surface area (Å²) in [6, 6.07) is 5.12. The summed E-state index contributed by atoms with van der Waals surface area (Å²) in [5.41, 5.74) is -0.867. The van der Waals surface area contributed by atoms with Gasteiger partial charge in [0.1, 0.15) is 0 Å². The molecule has 1 aromatic carbocycles. The lowest BCUT2D eigenvalue weighted by Crippen LogP contribution is -2.35. The second-order valence-electron chi connectivity index (χ2n) is 4.46. The second kappa shape index (κ2) is 3.75. The number of hydrogen-bond donors (Lipinski definition) is 1. The van der Waals surface area contributed by atoms with E-state index in [1.165, 1.54) is 6.07 Å². The number of carbonyl (C=O) groups is 1. The second-order valence-corrected chi connectivity index (χ2v) is 4.46. The molecule has 0 radical (unpaired) electrons. The Balaban J connectivity index is 2.37. The van der Waals surface area contributed by atoms with Crippen molar-refractivity contribution in [3.63, 3.8) is 0 Å². The average molecular weight is 243 g/mol. The highest BCUT2D eigenvalue weighted by Crippen LogP contribution is 2.35. The maximum Gasteiger partial charge on any atom is 0.416 e. The zero-order valence-electron chi connectivity index (χ0n) is 9.27. The van der Waals surface area contributed by atoms with E-state index >= 15 is 0 Å².